The van der Waals surface area contributed by atoms with Crippen LogP contribution >= 0.6 is 15.9 Å². The van der Waals surface area contributed by atoms with Gasteiger partial charge in [-0.15, -0.1) is 0 Å². The molecule has 0 saturated carbocycles. The second-order valence-corrected chi connectivity index (χ2v) is 4.45. The first kappa shape index (κ1) is 14.5. The van der Waals surface area contributed by atoms with E-state index in [1.54, 1.807) is 0 Å². The molecule has 0 aliphatic heterocycles. The summed E-state index contributed by atoms with van der Waals surface area (Å²) in [5.74, 6) is 0.852. The van der Waals surface area contributed by atoms with Crippen molar-refractivity contribution in [2.75, 3.05) is 33.0 Å². The van der Waals surface area contributed by atoms with Gasteiger partial charge in [0.15, 0.2) is 0 Å². The summed E-state index contributed by atoms with van der Waals surface area (Å²) in [4.78, 5) is 0. The van der Waals surface area contributed by atoms with Crippen molar-refractivity contribution in [3.8, 4) is 5.75 Å². The average Bonchev–Trinajstić information content (AvgIpc) is 2.33. The monoisotopic (exact) mass is 302 g/mol. The molecule has 0 aliphatic rings. The van der Waals surface area contributed by atoms with Crippen molar-refractivity contribution in [2.24, 2.45) is 0 Å². The molecule has 0 spiro atoms. The highest BCUT2D eigenvalue weighted by Gasteiger charge is 1.94. The molecular formula is C13H19BrO3. The van der Waals surface area contributed by atoms with E-state index >= 15 is 0 Å². The predicted molar refractivity (Wildman–Crippen MR) is 71.6 cm³/mol. The fourth-order valence-corrected chi connectivity index (χ4v) is 1.62. The Hall–Kier alpha value is -0.580. The molecule has 0 aromatic heterocycles. The fraction of sp³-hybridized carbons (Fsp3) is 0.538. The molecule has 0 atom stereocenters. The van der Waals surface area contributed by atoms with E-state index in [0.717, 1.165) is 23.2 Å². The summed E-state index contributed by atoms with van der Waals surface area (Å²) in [5, 5.41) is 0. The topological polar surface area (TPSA) is 27.7 Å². The van der Waals surface area contributed by atoms with Crippen LogP contribution in [-0.4, -0.2) is 33.0 Å². The van der Waals surface area contributed by atoms with E-state index in [-0.39, 0.29) is 0 Å². The molecule has 0 unspecified atom stereocenters. The smallest absolute Gasteiger partial charge is 0.120 e. The van der Waals surface area contributed by atoms with Crippen LogP contribution in [0.5, 0.6) is 5.75 Å². The lowest BCUT2D eigenvalue weighted by molar-refractivity contribution is 0.0366. The lowest BCUT2D eigenvalue weighted by atomic mass is 10.3. The van der Waals surface area contributed by atoms with Gasteiger partial charge in [0.1, 0.15) is 12.4 Å². The first-order valence-electron chi connectivity index (χ1n) is 5.86. The summed E-state index contributed by atoms with van der Waals surface area (Å²) in [7, 11) is 0. The fourth-order valence-electron chi connectivity index (χ4n) is 1.24. The lowest BCUT2D eigenvalue weighted by Crippen LogP contribution is -2.11. The van der Waals surface area contributed by atoms with E-state index < -0.39 is 0 Å². The second-order valence-electron chi connectivity index (χ2n) is 3.53. The number of benzene rings is 1. The van der Waals surface area contributed by atoms with Crippen LogP contribution in [-0.2, 0) is 9.47 Å². The van der Waals surface area contributed by atoms with Crippen molar-refractivity contribution >= 4 is 15.9 Å². The van der Waals surface area contributed by atoms with Crippen LogP contribution in [0.4, 0.5) is 0 Å². The van der Waals surface area contributed by atoms with Crippen molar-refractivity contribution in [1.82, 2.24) is 0 Å². The number of hydrogen-bond donors (Lipinski definition) is 0. The summed E-state index contributed by atoms with van der Waals surface area (Å²) in [6.07, 6.45) is 1.05. The molecule has 0 heterocycles. The van der Waals surface area contributed by atoms with E-state index in [1.807, 2.05) is 24.3 Å². The average molecular weight is 303 g/mol. The number of hydrogen-bond acceptors (Lipinski definition) is 3. The van der Waals surface area contributed by atoms with Gasteiger partial charge in [-0.2, -0.15) is 0 Å². The molecule has 96 valence electrons. The molecule has 4 heteroatoms. The van der Waals surface area contributed by atoms with E-state index in [1.165, 1.54) is 0 Å². The molecule has 0 radical (unpaired) electrons. The van der Waals surface area contributed by atoms with Crippen molar-refractivity contribution in [1.29, 1.82) is 0 Å². The molecule has 17 heavy (non-hydrogen) atoms. The van der Waals surface area contributed by atoms with Crippen molar-refractivity contribution in [3.05, 3.63) is 28.7 Å². The van der Waals surface area contributed by atoms with Gasteiger partial charge in [0.05, 0.1) is 19.8 Å². The quantitative estimate of drug-likeness (QED) is 0.655. The molecule has 0 fully saturated rings. The maximum absolute atomic E-state index is 5.52. The zero-order chi connectivity index (χ0) is 12.3. The number of halogens is 1. The normalized spacial score (nSPS) is 10.5. The van der Waals surface area contributed by atoms with Gasteiger partial charge in [-0.1, -0.05) is 28.9 Å². The Morgan fingerprint density at radius 3 is 2.41 bits per heavy atom. The molecule has 1 rings (SSSR count). The van der Waals surface area contributed by atoms with E-state index in [2.05, 4.69) is 22.9 Å². The molecule has 1 aromatic carbocycles. The Kier molecular flexibility index (Phi) is 8.05. The SMILES string of the molecule is CCCOCCOCCOc1cccc(Br)c1. The molecule has 0 aliphatic carbocycles. The van der Waals surface area contributed by atoms with Crippen LogP contribution < -0.4 is 4.74 Å². The van der Waals surface area contributed by atoms with Crippen LogP contribution in [0, 0.1) is 0 Å². The first-order chi connectivity index (χ1) is 8.33. The Morgan fingerprint density at radius 1 is 1.00 bits per heavy atom. The zero-order valence-corrected chi connectivity index (χ0v) is 11.7. The largest absolute Gasteiger partial charge is 0.491 e. The molecule has 0 saturated heterocycles. The van der Waals surface area contributed by atoms with Crippen LogP contribution in [0.25, 0.3) is 0 Å². The van der Waals surface area contributed by atoms with Crippen molar-refractivity contribution in [2.45, 2.75) is 13.3 Å². The Morgan fingerprint density at radius 2 is 1.71 bits per heavy atom. The summed E-state index contributed by atoms with van der Waals surface area (Å²) < 4.78 is 17.2. The third kappa shape index (κ3) is 7.36. The highest BCUT2D eigenvalue weighted by atomic mass is 79.9. The summed E-state index contributed by atoms with van der Waals surface area (Å²) in [5.41, 5.74) is 0. The molecule has 1 aromatic rings. The third-order valence-corrected chi connectivity index (χ3v) is 2.51. The number of ether oxygens (including phenoxy) is 3. The highest BCUT2D eigenvalue weighted by molar-refractivity contribution is 9.10. The standard InChI is InChI=1S/C13H19BrO3/c1-2-6-15-7-8-16-9-10-17-13-5-3-4-12(14)11-13/h3-5,11H,2,6-10H2,1H3. The molecular weight excluding hydrogens is 284 g/mol. The van der Waals surface area contributed by atoms with Crippen LogP contribution in [0.3, 0.4) is 0 Å². The summed E-state index contributed by atoms with van der Waals surface area (Å²) in [6, 6.07) is 7.77. The van der Waals surface area contributed by atoms with Crippen LogP contribution in [0.2, 0.25) is 0 Å². The minimum absolute atomic E-state index is 0.560. The van der Waals surface area contributed by atoms with Crippen molar-refractivity contribution < 1.29 is 14.2 Å². The molecule has 3 nitrogen and oxygen atoms in total. The third-order valence-electron chi connectivity index (χ3n) is 2.01. The first-order valence-corrected chi connectivity index (χ1v) is 6.66. The molecule has 0 bridgehead atoms. The molecule has 0 amide bonds. The minimum Gasteiger partial charge on any atom is -0.491 e. The Bertz CT molecular complexity index is 304. The van der Waals surface area contributed by atoms with Gasteiger partial charge in [0.2, 0.25) is 0 Å². The second kappa shape index (κ2) is 9.45. The Labute approximate surface area is 111 Å². The van der Waals surface area contributed by atoms with Gasteiger partial charge in [-0.05, 0) is 24.6 Å². The van der Waals surface area contributed by atoms with Gasteiger partial charge in [0.25, 0.3) is 0 Å². The van der Waals surface area contributed by atoms with Gasteiger partial charge in [-0.3, -0.25) is 0 Å². The van der Waals surface area contributed by atoms with E-state index in [4.69, 9.17) is 14.2 Å². The van der Waals surface area contributed by atoms with Crippen molar-refractivity contribution in [3.63, 3.8) is 0 Å². The minimum atomic E-state index is 0.560. The molecule has 0 N–H and O–H groups in total. The Balaban J connectivity index is 1.97. The van der Waals surface area contributed by atoms with Gasteiger partial charge in [-0.25, -0.2) is 0 Å². The van der Waals surface area contributed by atoms with E-state index in [0.29, 0.717) is 26.4 Å². The summed E-state index contributed by atoms with van der Waals surface area (Å²) >= 11 is 3.39. The lowest BCUT2D eigenvalue weighted by Gasteiger charge is -2.07. The summed E-state index contributed by atoms with van der Waals surface area (Å²) in [6.45, 7) is 5.32. The highest BCUT2D eigenvalue weighted by Crippen LogP contribution is 2.17. The van der Waals surface area contributed by atoms with E-state index in [9.17, 15) is 0 Å². The maximum Gasteiger partial charge on any atom is 0.120 e. The van der Waals surface area contributed by atoms with Gasteiger partial charge in [0, 0.05) is 11.1 Å². The number of rotatable bonds is 9. The maximum atomic E-state index is 5.52. The van der Waals surface area contributed by atoms with Crippen LogP contribution in [0.1, 0.15) is 13.3 Å². The van der Waals surface area contributed by atoms with Gasteiger partial charge < -0.3 is 14.2 Å². The van der Waals surface area contributed by atoms with Crippen LogP contribution in [0.15, 0.2) is 28.7 Å². The zero-order valence-electron chi connectivity index (χ0n) is 10.2. The van der Waals surface area contributed by atoms with Gasteiger partial charge >= 0.3 is 0 Å². The predicted octanol–water partition coefficient (Wildman–Crippen LogP) is 3.27.